The Morgan fingerprint density at radius 2 is 0.771 bits per heavy atom. The summed E-state index contributed by atoms with van der Waals surface area (Å²) in [6.07, 6.45) is 44.7. The predicted molar refractivity (Wildman–Crippen MR) is 159 cm³/mol. The van der Waals surface area contributed by atoms with Crippen molar-refractivity contribution in [1.29, 1.82) is 0 Å². The highest BCUT2D eigenvalue weighted by Crippen LogP contribution is 2.21. The van der Waals surface area contributed by atoms with Gasteiger partial charge in [-0.25, -0.2) is 0 Å². The Labute approximate surface area is 222 Å². The third kappa shape index (κ3) is 29.5. The van der Waals surface area contributed by atoms with Crippen LogP contribution in [0.25, 0.3) is 0 Å². The molecule has 0 saturated carbocycles. The number of carbonyl (C=O) groups excluding carboxylic acids is 1. The molecule has 1 unspecified atom stereocenters. The SMILES string of the molecule is CCCCCCCC/C=C\CCCCCCCCC(C[C]=O)CCCCCCCCCCCCC. The highest BCUT2D eigenvalue weighted by molar-refractivity contribution is 5.50. The molecule has 0 aromatic rings. The Morgan fingerprint density at radius 1 is 0.457 bits per heavy atom. The molecule has 0 aromatic carbocycles. The molecule has 1 nitrogen and oxygen atoms in total. The summed E-state index contributed by atoms with van der Waals surface area (Å²) >= 11 is 0. The summed E-state index contributed by atoms with van der Waals surface area (Å²) < 4.78 is 0. The van der Waals surface area contributed by atoms with E-state index in [4.69, 9.17) is 0 Å². The van der Waals surface area contributed by atoms with Crippen LogP contribution in [-0.2, 0) is 4.79 Å². The van der Waals surface area contributed by atoms with Crippen LogP contribution in [-0.4, -0.2) is 6.29 Å². The topological polar surface area (TPSA) is 17.1 Å². The zero-order valence-electron chi connectivity index (χ0n) is 24.4. The highest BCUT2D eigenvalue weighted by Gasteiger charge is 2.08. The van der Waals surface area contributed by atoms with Gasteiger partial charge in [-0.1, -0.05) is 174 Å². The maximum atomic E-state index is 11.0. The van der Waals surface area contributed by atoms with Crippen LogP contribution in [0.3, 0.4) is 0 Å². The third-order valence-electron chi connectivity index (χ3n) is 7.71. The van der Waals surface area contributed by atoms with Gasteiger partial charge in [-0.15, -0.1) is 0 Å². The summed E-state index contributed by atoms with van der Waals surface area (Å²) in [6, 6.07) is 0. The summed E-state index contributed by atoms with van der Waals surface area (Å²) in [5.74, 6) is 0.600. The first kappa shape index (κ1) is 34.4. The Hall–Kier alpha value is -0.590. The molecule has 0 aliphatic carbocycles. The molecule has 1 heteroatoms. The molecular weight excluding hydrogens is 424 g/mol. The molecule has 207 valence electrons. The van der Waals surface area contributed by atoms with Crippen molar-refractivity contribution < 1.29 is 4.79 Å². The first-order valence-electron chi connectivity index (χ1n) is 16.3. The molecule has 0 rings (SSSR count). The van der Waals surface area contributed by atoms with Gasteiger partial charge in [0.15, 0.2) is 6.29 Å². The van der Waals surface area contributed by atoms with Crippen molar-refractivity contribution in [3.63, 3.8) is 0 Å². The molecule has 0 N–H and O–H groups in total. The van der Waals surface area contributed by atoms with Gasteiger partial charge in [-0.3, -0.25) is 4.79 Å². The zero-order chi connectivity index (χ0) is 25.5. The predicted octanol–water partition coefficient (Wildman–Crippen LogP) is 12.2. The van der Waals surface area contributed by atoms with Crippen LogP contribution < -0.4 is 0 Å². The molecule has 0 spiro atoms. The van der Waals surface area contributed by atoms with E-state index in [1.165, 1.54) is 173 Å². The lowest BCUT2D eigenvalue weighted by Gasteiger charge is -2.13. The molecule has 0 amide bonds. The summed E-state index contributed by atoms with van der Waals surface area (Å²) in [5.41, 5.74) is 0. The van der Waals surface area contributed by atoms with E-state index < -0.39 is 0 Å². The fourth-order valence-electron chi connectivity index (χ4n) is 5.24. The lowest BCUT2D eigenvalue weighted by Crippen LogP contribution is -2.02. The second-order valence-electron chi connectivity index (χ2n) is 11.3. The van der Waals surface area contributed by atoms with Gasteiger partial charge in [0.1, 0.15) is 0 Å². The second kappa shape index (κ2) is 31.4. The quantitative estimate of drug-likeness (QED) is 0.0724. The van der Waals surface area contributed by atoms with E-state index in [2.05, 4.69) is 32.3 Å². The minimum absolute atomic E-state index is 0.600. The minimum atomic E-state index is 0.600. The molecular formula is C34H65O. The fourth-order valence-corrected chi connectivity index (χ4v) is 5.24. The molecule has 35 heavy (non-hydrogen) atoms. The summed E-state index contributed by atoms with van der Waals surface area (Å²) in [7, 11) is 0. The van der Waals surface area contributed by atoms with Crippen LogP contribution in [0.5, 0.6) is 0 Å². The van der Waals surface area contributed by atoms with Gasteiger partial charge >= 0.3 is 0 Å². The first-order valence-corrected chi connectivity index (χ1v) is 16.3. The van der Waals surface area contributed by atoms with Gasteiger partial charge in [-0.05, 0) is 31.6 Å². The summed E-state index contributed by atoms with van der Waals surface area (Å²) in [6.45, 7) is 4.57. The lowest BCUT2D eigenvalue weighted by atomic mass is 9.92. The van der Waals surface area contributed by atoms with E-state index in [-0.39, 0.29) is 0 Å². The van der Waals surface area contributed by atoms with Crippen molar-refractivity contribution in [3.05, 3.63) is 12.2 Å². The standard InChI is InChI=1S/C34H65O/c1-3-5-7-9-11-13-15-16-17-18-19-21-23-25-27-29-31-34(32-33-35)30-28-26-24-22-20-14-12-10-8-6-4-2/h16-17,34H,3-15,18-32H2,1-2H3/b17-16-. The molecule has 1 radical (unpaired) electrons. The largest absolute Gasteiger partial charge is 0.291 e. The van der Waals surface area contributed by atoms with Crippen LogP contribution >= 0.6 is 0 Å². The molecule has 0 aliphatic heterocycles. The summed E-state index contributed by atoms with van der Waals surface area (Å²) in [4.78, 5) is 11.0. The van der Waals surface area contributed by atoms with E-state index >= 15 is 0 Å². The van der Waals surface area contributed by atoms with E-state index in [1.54, 1.807) is 0 Å². The van der Waals surface area contributed by atoms with Gasteiger partial charge < -0.3 is 0 Å². The average molecular weight is 490 g/mol. The van der Waals surface area contributed by atoms with Gasteiger partial charge in [0.05, 0.1) is 0 Å². The third-order valence-corrected chi connectivity index (χ3v) is 7.71. The monoisotopic (exact) mass is 490 g/mol. The van der Waals surface area contributed by atoms with E-state index in [0.29, 0.717) is 12.3 Å². The van der Waals surface area contributed by atoms with E-state index in [1.807, 2.05) is 0 Å². The van der Waals surface area contributed by atoms with Crippen molar-refractivity contribution >= 4 is 6.29 Å². The molecule has 1 atom stereocenters. The molecule has 0 fully saturated rings. The zero-order valence-corrected chi connectivity index (χ0v) is 24.4. The van der Waals surface area contributed by atoms with Crippen molar-refractivity contribution in [2.24, 2.45) is 5.92 Å². The Kier molecular flexibility index (Phi) is 30.9. The van der Waals surface area contributed by atoms with Gasteiger partial charge in [-0.2, -0.15) is 0 Å². The van der Waals surface area contributed by atoms with Crippen molar-refractivity contribution in [3.8, 4) is 0 Å². The second-order valence-corrected chi connectivity index (χ2v) is 11.3. The molecule has 0 bridgehead atoms. The number of allylic oxidation sites excluding steroid dienone is 2. The molecule has 0 aromatic heterocycles. The normalized spacial score (nSPS) is 12.5. The maximum absolute atomic E-state index is 11.0. The minimum Gasteiger partial charge on any atom is -0.291 e. The van der Waals surface area contributed by atoms with Crippen LogP contribution in [0, 0.1) is 5.92 Å². The Bertz CT molecular complexity index is 413. The smallest absolute Gasteiger partial charge is 0.198 e. The number of rotatable bonds is 30. The number of hydrogen-bond acceptors (Lipinski definition) is 1. The Morgan fingerprint density at radius 3 is 1.11 bits per heavy atom. The highest BCUT2D eigenvalue weighted by atomic mass is 16.1. The van der Waals surface area contributed by atoms with Crippen LogP contribution in [0.2, 0.25) is 0 Å². The van der Waals surface area contributed by atoms with Crippen LogP contribution in [0.15, 0.2) is 12.2 Å². The van der Waals surface area contributed by atoms with Crippen molar-refractivity contribution in [2.75, 3.05) is 0 Å². The Balaban J connectivity index is 3.42. The maximum Gasteiger partial charge on any atom is 0.198 e. The average Bonchev–Trinajstić information content (AvgIpc) is 2.86. The number of unbranched alkanes of at least 4 members (excludes halogenated alkanes) is 22. The van der Waals surface area contributed by atoms with Gasteiger partial charge in [0.25, 0.3) is 0 Å². The van der Waals surface area contributed by atoms with E-state index in [0.717, 1.165) is 0 Å². The fraction of sp³-hybridized carbons (Fsp3) is 0.912. The molecule has 0 aliphatic rings. The molecule has 0 heterocycles. The number of hydrogen-bond donors (Lipinski definition) is 0. The van der Waals surface area contributed by atoms with Gasteiger partial charge in [0.2, 0.25) is 0 Å². The first-order chi connectivity index (χ1) is 17.3. The van der Waals surface area contributed by atoms with Crippen molar-refractivity contribution in [2.45, 2.75) is 194 Å². The van der Waals surface area contributed by atoms with Gasteiger partial charge in [0, 0.05) is 6.42 Å². The molecule has 0 saturated heterocycles. The summed E-state index contributed by atoms with van der Waals surface area (Å²) in [5, 5.41) is 0. The van der Waals surface area contributed by atoms with Crippen LogP contribution in [0.4, 0.5) is 0 Å². The van der Waals surface area contributed by atoms with E-state index in [9.17, 15) is 4.79 Å². The van der Waals surface area contributed by atoms with Crippen LogP contribution in [0.1, 0.15) is 194 Å². The lowest BCUT2D eigenvalue weighted by molar-refractivity contribution is 0.404. The van der Waals surface area contributed by atoms with Crippen molar-refractivity contribution in [1.82, 2.24) is 0 Å².